The van der Waals surface area contributed by atoms with Crippen molar-refractivity contribution in [2.75, 3.05) is 32.8 Å². The standard InChI is InChI=1S/C21H28N2O3/c1-16-4-3-5-18(14-16)7-9-21(24)22-15-19(20-8-6-17(2)26-20)23-10-12-25-13-11-23/h3-6,8,14,19H,7,9-13,15H2,1-2H3,(H,22,24). The molecule has 3 rings (SSSR count). The predicted octanol–water partition coefficient (Wildman–Crippen LogP) is 3.02. The molecular weight excluding hydrogens is 328 g/mol. The fourth-order valence-electron chi connectivity index (χ4n) is 3.36. The molecule has 140 valence electrons. The fraction of sp³-hybridized carbons (Fsp3) is 0.476. The summed E-state index contributed by atoms with van der Waals surface area (Å²) in [4.78, 5) is 14.7. The van der Waals surface area contributed by atoms with E-state index in [2.05, 4.69) is 35.3 Å². The highest BCUT2D eigenvalue weighted by molar-refractivity contribution is 5.76. The molecule has 2 aromatic rings. The van der Waals surface area contributed by atoms with Gasteiger partial charge in [-0.25, -0.2) is 0 Å². The molecule has 0 bridgehead atoms. The number of nitrogens with zero attached hydrogens (tertiary/aromatic N) is 1. The molecule has 1 aliphatic heterocycles. The second kappa shape index (κ2) is 9.01. The van der Waals surface area contributed by atoms with E-state index >= 15 is 0 Å². The highest BCUT2D eigenvalue weighted by atomic mass is 16.5. The molecule has 1 aromatic carbocycles. The van der Waals surface area contributed by atoms with Crippen LogP contribution in [0, 0.1) is 13.8 Å². The van der Waals surface area contributed by atoms with Crippen molar-refractivity contribution in [2.24, 2.45) is 0 Å². The molecule has 1 unspecified atom stereocenters. The maximum atomic E-state index is 12.3. The summed E-state index contributed by atoms with van der Waals surface area (Å²) in [7, 11) is 0. The molecule has 1 saturated heterocycles. The Morgan fingerprint density at radius 1 is 1.19 bits per heavy atom. The largest absolute Gasteiger partial charge is 0.465 e. The Morgan fingerprint density at radius 3 is 2.69 bits per heavy atom. The van der Waals surface area contributed by atoms with Crippen molar-refractivity contribution >= 4 is 5.91 Å². The zero-order chi connectivity index (χ0) is 18.4. The van der Waals surface area contributed by atoms with E-state index in [9.17, 15) is 4.79 Å². The van der Waals surface area contributed by atoms with E-state index in [0.717, 1.165) is 44.2 Å². The Bertz CT molecular complexity index is 720. The summed E-state index contributed by atoms with van der Waals surface area (Å²) in [5, 5.41) is 3.09. The molecule has 5 nitrogen and oxygen atoms in total. The molecule has 1 fully saturated rings. The molecule has 0 saturated carbocycles. The van der Waals surface area contributed by atoms with Gasteiger partial charge in [0.05, 0.1) is 19.3 Å². The number of carbonyl (C=O) groups excluding carboxylic acids is 1. The van der Waals surface area contributed by atoms with E-state index in [1.54, 1.807) is 0 Å². The number of furan rings is 1. The van der Waals surface area contributed by atoms with Gasteiger partial charge in [0.25, 0.3) is 0 Å². The predicted molar refractivity (Wildman–Crippen MR) is 101 cm³/mol. The highest BCUT2D eigenvalue weighted by Crippen LogP contribution is 2.23. The number of ether oxygens (including phenoxy) is 1. The van der Waals surface area contributed by atoms with Crippen molar-refractivity contribution in [3.63, 3.8) is 0 Å². The van der Waals surface area contributed by atoms with Crippen LogP contribution in [0.1, 0.15) is 35.1 Å². The minimum Gasteiger partial charge on any atom is -0.465 e. The molecule has 0 aliphatic carbocycles. The molecule has 0 radical (unpaired) electrons. The maximum Gasteiger partial charge on any atom is 0.220 e. The average Bonchev–Trinajstić information content (AvgIpc) is 3.07. The molecule has 1 N–H and O–H groups in total. The van der Waals surface area contributed by atoms with Crippen molar-refractivity contribution in [2.45, 2.75) is 32.7 Å². The lowest BCUT2D eigenvalue weighted by molar-refractivity contribution is -0.121. The van der Waals surface area contributed by atoms with Crippen molar-refractivity contribution in [1.29, 1.82) is 0 Å². The van der Waals surface area contributed by atoms with Gasteiger partial charge in [0.15, 0.2) is 0 Å². The van der Waals surface area contributed by atoms with Gasteiger partial charge in [-0.2, -0.15) is 0 Å². The van der Waals surface area contributed by atoms with Crippen LogP contribution in [0.3, 0.4) is 0 Å². The van der Waals surface area contributed by atoms with Crippen LogP contribution >= 0.6 is 0 Å². The third-order valence-electron chi connectivity index (χ3n) is 4.79. The Kier molecular flexibility index (Phi) is 6.47. The minimum atomic E-state index is 0.0514. The smallest absolute Gasteiger partial charge is 0.220 e. The molecule has 26 heavy (non-hydrogen) atoms. The summed E-state index contributed by atoms with van der Waals surface area (Å²) >= 11 is 0. The van der Waals surface area contributed by atoms with Crippen LogP contribution in [0.2, 0.25) is 0 Å². The van der Waals surface area contributed by atoms with Gasteiger partial charge in [-0.05, 0) is 38.0 Å². The Hall–Kier alpha value is -2.11. The molecule has 1 aliphatic rings. The minimum absolute atomic E-state index is 0.0514. The van der Waals surface area contributed by atoms with Crippen LogP contribution in [0.5, 0.6) is 0 Å². The molecule has 1 atom stereocenters. The van der Waals surface area contributed by atoms with Crippen molar-refractivity contribution < 1.29 is 13.9 Å². The number of rotatable bonds is 7. The number of hydrogen-bond donors (Lipinski definition) is 1. The number of morpholine rings is 1. The number of amides is 1. The monoisotopic (exact) mass is 356 g/mol. The SMILES string of the molecule is Cc1cccc(CCC(=O)NCC(c2ccc(C)o2)N2CCOCC2)c1. The number of aryl methyl sites for hydroxylation is 3. The van der Waals surface area contributed by atoms with E-state index in [1.165, 1.54) is 11.1 Å². The second-order valence-electron chi connectivity index (χ2n) is 6.91. The molecular formula is C21H28N2O3. The third-order valence-corrected chi connectivity index (χ3v) is 4.79. The number of benzene rings is 1. The quantitative estimate of drug-likeness (QED) is 0.829. The zero-order valence-corrected chi connectivity index (χ0v) is 15.7. The van der Waals surface area contributed by atoms with Gasteiger partial charge < -0.3 is 14.5 Å². The second-order valence-corrected chi connectivity index (χ2v) is 6.91. The summed E-state index contributed by atoms with van der Waals surface area (Å²) in [6.07, 6.45) is 1.26. The summed E-state index contributed by atoms with van der Waals surface area (Å²) < 4.78 is 11.3. The van der Waals surface area contributed by atoms with E-state index in [0.29, 0.717) is 13.0 Å². The molecule has 2 heterocycles. The van der Waals surface area contributed by atoms with Gasteiger partial charge in [-0.15, -0.1) is 0 Å². The first-order valence-electron chi connectivity index (χ1n) is 9.32. The fourth-order valence-corrected chi connectivity index (χ4v) is 3.36. The van der Waals surface area contributed by atoms with Crippen molar-refractivity contribution in [3.05, 3.63) is 59.0 Å². The van der Waals surface area contributed by atoms with Crippen LogP contribution in [0.4, 0.5) is 0 Å². The van der Waals surface area contributed by atoms with Gasteiger partial charge in [0.1, 0.15) is 11.5 Å². The number of carbonyl (C=O) groups is 1. The van der Waals surface area contributed by atoms with Crippen LogP contribution in [0.25, 0.3) is 0 Å². The first-order chi connectivity index (χ1) is 12.6. The average molecular weight is 356 g/mol. The Morgan fingerprint density at radius 2 is 2.00 bits per heavy atom. The van der Waals surface area contributed by atoms with Crippen LogP contribution < -0.4 is 5.32 Å². The number of nitrogens with one attached hydrogen (secondary N) is 1. The summed E-state index contributed by atoms with van der Waals surface area (Å²) in [5.41, 5.74) is 2.43. The van der Waals surface area contributed by atoms with Crippen molar-refractivity contribution in [1.82, 2.24) is 10.2 Å². The normalized spacial score (nSPS) is 16.4. The van der Waals surface area contributed by atoms with E-state index < -0.39 is 0 Å². The first-order valence-corrected chi connectivity index (χ1v) is 9.32. The van der Waals surface area contributed by atoms with Crippen LogP contribution in [-0.4, -0.2) is 43.7 Å². The van der Waals surface area contributed by atoms with Gasteiger partial charge in [0.2, 0.25) is 5.91 Å². The van der Waals surface area contributed by atoms with Crippen LogP contribution in [-0.2, 0) is 16.0 Å². The lowest BCUT2D eigenvalue weighted by atomic mass is 10.1. The van der Waals surface area contributed by atoms with Gasteiger partial charge >= 0.3 is 0 Å². The number of hydrogen-bond acceptors (Lipinski definition) is 4. The molecule has 1 aromatic heterocycles. The molecule has 5 heteroatoms. The molecule has 0 spiro atoms. The van der Waals surface area contributed by atoms with Crippen LogP contribution in [0.15, 0.2) is 40.8 Å². The van der Waals surface area contributed by atoms with Gasteiger partial charge in [0, 0.05) is 26.1 Å². The topological polar surface area (TPSA) is 54.7 Å². The lowest BCUT2D eigenvalue weighted by Gasteiger charge is -2.33. The van der Waals surface area contributed by atoms with Crippen molar-refractivity contribution in [3.8, 4) is 0 Å². The summed E-state index contributed by atoms with van der Waals surface area (Å²) in [6, 6.07) is 12.3. The van der Waals surface area contributed by atoms with E-state index in [-0.39, 0.29) is 11.9 Å². The Balaban J connectivity index is 1.55. The molecule has 1 amide bonds. The lowest BCUT2D eigenvalue weighted by Crippen LogP contribution is -2.43. The van der Waals surface area contributed by atoms with Gasteiger partial charge in [-0.3, -0.25) is 9.69 Å². The Labute approximate surface area is 155 Å². The van der Waals surface area contributed by atoms with E-state index in [1.807, 2.05) is 25.1 Å². The summed E-state index contributed by atoms with van der Waals surface area (Å²) in [5.74, 6) is 1.88. The zero-order valence-electron chi connectivity index (χ0n) is 15.7. The van der Waals surface area contributed by atoms with E-state index in [4.69, 9.17) is 9.15 Å². The summed E-state index contributed by atoms with van der Waals surface area (Å²) in [6.45, 7) is 7.71. The van der Waals surface area contributed by atoms with Gasteiger partial charge in [-0.1, -0.05) is 29.8 Å². The highest BCUT2D eigenvalue weighted by Gasteiger charge is 2.25. The third kappa shape index (κ3) is 5.19. The maximum absolute atomic E-state index is 12.3. The first kappa shape index (κ1) is 18.7.